The van der Waals surface area contributed by atoms with Crippen molar-refractivity contribution >= 4 is 0 Å². The third-order valence-corrected chi connectivity index (χ3v) is 1.75. The SMILES string of the molecule is CC(C)C1OCC([N+](=O)[O-])CO1. The highest BCUT2D eigenvalue weighted by Gasteiger charge is 2.30. The molecule has 0 unspecified atom stereocenters. The van der Waals surface area contributed by atoms with Gasteiger partial charge in [0.1, 0.15) is 13.2 Å². The smallest absolute Gasteiger partial charge is 0.259 e. The molecule has 5 nitrogen and oxygen atoms in total. The number of nitro groups is 1. The summed E-state index contributed by atoms with van der Waals surface area (Å²) in [4.78, 5) is 9.91. The van der Waals surface area contributed by atoms with E-state index in [9.17, 15) is 10.1 Å². The molecule has 70 valence electrons. The minimum atomic E-state index is -0.694. The minimum absolute atomic E-state index is 0.163. The molecule has 0 aromatic rings. The van der Waals surface area contributed by atoms with Crippen LogP contribution in [0.3, 0.4) is 0 Å². The van der Waals surface area contributed by atoms with Crippen LogP contribution in [0.4, 0.5) is 0 Å². The van der Waals surface area contributed by atoms with Crippen LogP contribution in [0.5, 0.6) is 0 Å². The van der Waals surface area contributed by atoms with Gasteiger partial charge in [0, 0.05) is 10.8 Å². The molecular formula is C7H13NO4. The molecule has 1 fully saturated rings. The number of hydrogen-bond acceptors (Lipinski definition) is 4. The fraction of sp³-hybridized carbons (Fsp3) is 1.00. The second-order valence-electron chi connectivity index (χ2n) is 3.22. The third kappa shape index (κ3) is 2.15. The predicted octanol–water partition coefficient (Wildman–Crippen LogP) is 0.661. The Balaban J connectivity index is 2.34. The second kappa shape index (κ2) is 3.82. The van der Waals surface area contributed by atoms with Crippen LogP contribution in [-0.4, -0.2) is 30.5 Å². The number of ether oxygens (including phenoxy) is 2. The average molecular weight is 175 g/mol. The standard InChI is InChI=1S/C7H13NO4/c1-5(2)7-11-3-6(4-12-7)8(9)10/h5-7H,3-4H2,1-2H3. The molecule has 0 atom stereocenters. The van der Waals surface area contributed by atoms with Crippen molar-refractivity contribution in [3.63, 3.8) is 0 Å². The van der Waals surface area contributed by atoms with Gasteiger partial charge >= 0.3 is 0 Å². The van der Waals surface area contributed by atoms with Crippen molar-refractivity contribution in [1.82, 2.24) is 0 Å². The Hall–Kier alpha value is -0.680. The van der Waals surface area contributed by atoms with Crippen LogP contribution in [0, 0.1) is 16.0 Å². The van der Waals surface area contributed by atoms with Crippen LogP contribution in [0.2, 0.25) is 0 Å². The first-order valence-corrected chi connectivity index (χ1v) is 3.98. The molecule has 1 rings (SSSR count). The number of hydrogen-bond donors (Lipinski definition) is 0. The van der Waals surface area contributed by atoms with Crippen LogP contribution in [0.25, 0.3) is 0 Å². The Morgan fingerprint density at radius 1 is 1.42 bits per heavy atom. The lowest BCUT2D eigenvalue weighted by molar-refractivity contribution is -0.544. The molecule has 0 aliphatic carbocycles. The fourth-order valence-corrected chi connectivity index (χ4v) is 1.01. The van der Waals surface area contributed by atoms with E-state index in [0.717, 1.165) is 0 Å². The van der Waals surface area contributed by atoms with Crippen molar-refractivity contribution in [3.05, 3.63) is 10.1 Å². The van der Waals surface area contributed by atoms with E-state index in [2.05, 4.69) is 0 Å². The van der Waals surface area contributed by atoms with E-state index in [0.29, 0.717) is 0 Å². The van der Waals surface area contributed by atoms with Gasteiger partial charge in [-0.05, 0) is 0 Å². The highest BCUT2D eigenvalue weighted by molar-refractivity contribution is 4.63. The van der Waals surface area contributed by atoms with E-state index in [1.807, 2.05) is 13.8 Å². The van der Waals surface area contributed by atoms with E-state index in [1.54, 1.807) is 0 Å². The zero-order valence-corrected chi connectivity index (χ0v) is 7.23. The molecule has 0 aromatic heterocycles. The Morgan fingerprint density at radius 2 is 1.92 bits per heavy atom. The van der Waals surface area contributed by atoms with Crippen molar-refractivity contribution in [2.75, 3.05) is 13.2 Å². The molecule has 0 amide bonds. The Morgan fingerprint density at radius 3 is 2.25 bits per heavy atom. The molecule has 1 heterocycles. The molecule has 1 aliphatic heterocycles. The summed E-state index contributed by atoms with van der Waals surface area (Å²) in [5, 5.41) is 10.3. The molecule has 0 spiro atoms. The highest BCUT2D eigenvalue weighted by Crippen LogP contribution is 2.14. The summed E-state index contributed by atoms with van der Waals surface area (Å²) >= 11 is 0. The maximum Gasteiger partial charge on any atom is 0.259 e. The molecule has 0 N–H and O–H groups in total. The lowest BCUT2D eigenvalue weighted by Crippen LogP contribution is -2.42. The van der Waals surface area contributed by atoms with Gasteiger partial charge in [0.2, 0.25) is 0 Å². The molecule has 0 radical (unpaired) electrons. The van der Waals surface area contributed by atoms with Gasteiger partial charge < -0.3 is 9.47 Å². The third-order valence-electron chi connectivity index (χ3n) is 1.75. The van der Waals surface area contributed by atoms with Gasteiger partial charge in [-0.1, -0.05) is 13.8 Å². The summed E-state index contributed by atoms with van der Waals surface area (Å²) in [6, 6.07) is -0.694. The van der Waals surface area contributed by atoms with E-state index in [4.69, 9.17) is 9.47 Å². The topological polar surface area (TPSA) is 61.6 Å². The van der Waals surface area contributed by atoms with Gasteiger partial charge in [-0.25, -0.2) is 0 Å². The van der Waals surface area contributed by atoms with Gasteiger partial charge in [-0.2, -0.15) is 0 Å². The Bertz CT molecular complexity index is 163. The molecule has 0 bridgehead atoms. The van der Waals surface area contributed by atoms with E-state index in [-0.39, 0.29) is 30.3 Å². The molecule has 5 heteroatoms. The van der Waals surface area contributed by atoms with E-state index in [1.165, 1.54) is 0 Å². The number of rotatable bonds is 2. The predicted molar refractivity (Wildman–Crippen MR) is 41.3 cm³/mol. The Kier molecular flexibility index (Phi) is 2.99. The van der Waals surface area contributed by atoms with Crippen molar-refractivity contribution in [1.29, 1.82) is 0 Å². The molecule has 12 heavy (non-hydrogen) atoms. The van der Waals surface area contributed by atoms with E-state index >= 15 is 0 Å². The van der Waals surface area contributed by atoms with Crippen molar-refractivity contribution < 1.29 is 14.4 Å². The van der Waals surface area contributed by atoms with Gasteiger partial charge in [-0.15, -0.1) is 0 Å². The van der Waals surface area contributed by atoms with Crippen LogP contribution < -0.4 is 0 Å². The van der Waals surface area contributed by atoms with Crippen molar-refractivity contribution in [2.24, 2.45) is 5.92 Å². The van der Waals surface area contributed by atoms with Gasteiger partial charge in [-0.3, -0.25) is 10.1 Å². The minimum Gasteiger partial charge on any atom is -0.345 e. The first-order chi connectivity index (χ1) is 5.61. The van der Waals surface area contributed by atoms with Gasteiger partial charge in [0.05, 0.1) is 0 Å². The Labute approximate surface area is 70.8 Å². The van der Waals surface area contributed by atoms with Crippen LogP contribution in [0.15, 0.2) is 0 Å². The van der Waals surface area contributed by atoms with Crippen LogP contribution in [-0.2, 0) is 9.47 Å². The quantitative estimate of drug-likeness (QED) is 0.457. The van der Waals surface area contributed by atoms with Crippen molar-refractivity contribution in [3.8, 4) is 0 Å². The lowest BCUT2D eigenvalue weighted by Gasteiger charge is -2.27. The highest BCUT2D eigenvalue weighted by atomic mass is 16.7. The molecule has 1 saturated heterocycles. The summed E-state index contributed by atoms with van der Waals surface area (Å²) in [6.07, 6.45) is -0.277. The summed E-state index contributed by atoms with van der Waals surface area (Å²) < 4.78 is 10.3. The fourth-order valence-electron chi connectivity index (χ4n) is 1.01. The molecule has 0 aromatic carbocycles. The molecule has 1 aliphatic rings. The normalized spacial score (nSPS) is 30.6. The van der Waals surface area contributed by atoms with Crippen LogP contribution >= 0.6 is 0 Å². The zero-order valence-electron chi connectivity index (χ0n) is 7.23. The summed E-state index contributed by atoms with van der Waals surface area (Å²) in [7, 11) is 0. The van der Waals surface area contributed by atoms with Crippen LogP contribution in [0.1, 0.15) is 13.8 Å². The summed E-state index contributed by atoms with van der Waals surface area (Å²) in [5.74, 6) is 0.248. The van der Waals surface area contributed by atoms with E-state index < -0.39 is 6.04 Å². The zero-order chi connectivity index (χ0) is 9.14. The maximum atomic E-state index is 10.3. The average Bonchev–Trinajstić information content (AvgIpc) is 2.04. The first-order valence-electron chi connectivity index (χ1n) is 3.98. The van der Waals surface area contributed by atoms with Gasteiger partial charge in [0.25, 0.3) is 6.04 Å². The maximum absolute atomic E-state index is 10.3. The second-order valence-corrected chi connectivity index (χ2v) is 3.22. The van der Waals surface area contributed by atoms with Crippen molar-refractivity contribution in [2.45, 2.75) is 26.2 Å². The molecular weight excluding hydrogens is 162 g/mol. The number of nitrogens with zero attached hydrogens (tertiary/aromatic N) is 1. The summed E-state index contributed by atoms with van der Waals surface area (Å²) in [6.45, 7) is 4.24. The monoisotopic (exact) mass is 175 g/mol. The largest absolute Gasteiger partial charge is 0.345 e. The summed E-state index contributed by atoms with van der Waals surface area (Å²) in [5.41, 5.74) is 0. The first kappa shape index (κ1) is 9.41. The molecule has 0 saturated carbocycles. The lowest BCUT2D eigenvalue weighted by atomic mass is 10.2. The van der Waals surface area contributed by atoms with Gasteiger partial charge in [0.15, 0.2) is 6.29 Å².